The number of hydrogen-bond acceptors (Lipinski definition) is 6. The van der Waals surface area contributed by atoms with Gasteiger partial charge in [-0.3, -0.25) is 10.1 Å². The average molecular weight is 302 g/mol. The fraction of sp³-hybridized carbons (Fsp3) is 0.250. The molecule has 0 aliphatic carbocycles. The number of nitro groups is 1. The zero-order valence-corrected chi connectivity index (χ0v) is 11.4. The Hall–Kier alpha value is -2.28. The zero-order valence-electron chi connectivity index (χ0n) is 10.6. The van der Waals surface area contributed by atoms with Crippen LogP contribution in [0.25, 0.3) is 0 Å². The lowest BCUT2D eigenvalue weighted by molar-refractivity contribution is -0.385. The van der Waals surface area contributed by atoms with E-state index in [1.807, 2.05) is 0 Å². The van der Waals surface area contributed by atoms with E-state index in [0.717, 1.165) is 0 Å². The van der Waals surface area contributed by atoms with Crippen molar-refractivity contribution >= 4 is 23.3 Å². The summed E-state index contributed by atoms with van der Waals surface area (Å²) in [5, 5.41) is 10.9. The first-order valence-electron chi connectivity index (χ1n) is 5.38. The van der Waals surface area contributed by atoms with Crippen LogP contribution < -0.4 is 9.47 Å². The Bertz CT molecular complexity index is 531. The van der Waals surface area contributed by atoms with Gasteiger partial charge in [0.2, 0.25) is 5.75 Å². The van der Waals surface area contributed by atoms with E-state index in [1.54, 1.807) is 0 Å². The van der Waals surface area contributed by atoms with Crippen molar-refractivity contribution in [1.29, 1.82) is 0 Å². The van der Waals surface area contributed by atoms with Crippen molar-refractivity contribution in [2.45, 2.75) is 0 Å². The molecule has 1 aromatic rings. The van der Waals surface area contributed by atoms with E-state index in [4.69, 9.17) is 25.8 Å². The third-order valence-electron chi connectivity index (χ3n) is 2.09. The molecule has 0 saturated heterocycles. The van der Waals surface area contributed by atoms with Gasteiger partial charge in [0.15, 0.2) is 6.61 Å². The molecule has 0 saturated carbocycles. The molecule has 0 spiro atoms. The molecule has 8 heteroatoms. The molecule has 0 aliphatic heterocycles. The van der Waals surface area contributed by atoms with Gasteiger partial charge >= 0.3 is 11.7 Å². The molecule has 1 aromatic carbocycles. The topological polar surface area (TPSA) is 87.9 Å². The first-order valence-corrected chi connectivity index (χ1v) is 5.76. The van der Waals surface area contributed by atoms with Gasteiger partial charge < -0.3 is 14.2 Å². The lowest BCUT2D eigenvalue weighted by Gasteiger charge is -2.08. The molecule has 0 heterocycles. The number of esters is 1. The fourth-order valence-corrected chi connectivity index (χ4v) is 1.30. The van der Waals surface area contributed by atoms with E-state index >= 15 is 0 Å². The second kappa shape index (κ2) is 7.34. The number of carbonyl (C=O) groups is 1. The maximum Gasteiger partial charge on any atom is 0.344 e. The Labute approximate surface area is 119 Å². The minimum atomic E-state index is -0.635. The Balaban J connectivity index is 2.63. The van der Waals surface area contributed by atoms with Crippen LogP contribution in [0.1, 0.15) is 0 Å². The van der Waals surface area contributed by atoms with Crippen molar-refractivity contribution in [2.75, 3.05) is 20.3 Å². The van der Waals surface area contributed by atoms with Crippen LogP contribution in [-0.4, -0.2) is 31.2 Å². The van der Waals surface area contributed by atoms with Crippen molar-refractivity contribution in [3.63, 3.8) is 0 Å². The molecule has 1 rings (SSSR count). The van der Waals surface area contributed by atoms with Crippen LogP contribution in [0.4, 0.5) is 5.69 Å². The average Bonchev–Trinajstić information content (AvgIpc) is 2.42. The number of rotatable bonds is 7. The van der Waals surface area contributed by atoms with Crippen molar-refractivity contribution in [1.82, 2.24) is 0 Å². The van der Waals surface area contributed by atoms with Gasteiger partial charge in [0.25, 0.3) is 0 Å². The minimum absolute atomic E-state index is 0.0370. The summed E-state index contributed by atoms with van der Waals surface area (Å²) in [6.45, 7) is 2.90. The summed E-state index contributed by atoms with van der Waals surface area (Å²) in [5.41, 5.74) is -0.194. The molecule has 0 N–H and O–H groups in total. The highest BCUT2D eigenvalue weighted by Gasteiger charge is 2.15. The Morgan fingerprint density at radius 1 is 1.45 bits per heavy atom. The van der Waals surface area contributed by atoms with Gasteiger partial charge in [-0.2, -0.15) is 0 Å². The SMILES string of the molecule is C=C(Cl)COC(=O)COc1ccc([N+](=O)[O-])c(OC)c1. The van der Waals surface area contributed by atoms with Crippen LogP contribution in [0.2, 0.25) is 0 Å². The Morgan fingerprint density at radius 2 is 2.15 bits per heavy atom. The number of nitro benzene ring substituents is 1. The summed E-state index contributed by atoms with van der Waals surface area (Å²) >= 11 is 5.43. The van der Waals surface area contributed by atoms with Gasteiger partial charge in [-0.05, 0) is 6.07 Å². The van der Waals surface area contributed by atoms with E-state index in [2.05, 4.69) is 6.58 Å². The molecule has 7 nitrogen and oxygen atoms in total. The molecular weight excluding hydrogens is 290 g/mol. The van der Waals surface area contributed by atoms with Crippen LogP contribution in [0.3, 0.4) is 0 Å². The largest absolute Gasteiger partial charge is 0.490 e. The summed E-state index contributed by atoms with van der Waals surface area (Å²) in [7, 11) is 1.30. The summed E-state index contributed by atoms with van der Waals surface area (Å²) in [5.74, 6) is -0.353. The fourth-order valence-electron chi connectivity index (χ4n) is 1.24. The first kappa shape index (κ1) is 15.8. The Kier molecular flexibility index (Phi) is 5.79. The van der Waals surface area contributed by atoms with Gasteiger partial charge in [-0.15, -0.1) is 0 Å². The second-order valence-electron chi connectivity index (χ2n) is 3.56. The van der Waals surface area contributed by atoms with Crippen molar-refractivity contribution in [2.24, 2.45) is 0 Å². The highest BCUT2D eigenvalue weighted by Crippen LogP contribution is 2.30. The second-order valence-corrected chi connectivity index (χ2v) is 4.09. The summed E-state index contributed by atoms with van der Waals surface area (Å²) < 4.78 is 14.7. The Morgan fingerprint density at radius 3 is 2.70 bits per heavy atom. The van der Waals surface area contributed by atoms with E-state index in [9.17, 15) is 14.9 Å². The summed E-state index contributed by atoms with van der Waals surface area (Å²) in [4.78, 5) is 21.4. The number of halogens is 1. The lowest BCUT2D eigenvalue weighted by atomic mass is 10.3. The molecule has 0 aliphatic rings. The molecule has 0 radical (unpaired) electrons. The maximum atomic E-state index is 11.3. The maximum absolute atomic E-state index is 11.3. The molecule has 0 aromatic heterocycles. The van der Waals surface area contributed by atoms with Gasteiger partial charge in [0, 0.05) is 17.2 Å². The van der Waals surface area contributed by atoms with Gasteiger partial charge in [0.1, 0.15) is 12.4 Å². The first-order chi connectivity index (χ1) is 9.43. The predicted octanol–water partition coefficient (Wildman–Crippen LogP) is 2.28. The number of ether oxygens (including phenoxy) is 3. The molecule has 20 heavy (non-hydrogen) atoms. The van der Waals surface area contributed by atoms with Crippen molar-refractivity contribution in [3.8, 4) is 11.5 Å². The molecule has 0 fully saturated rings. The molecule has 0 unspecified atom stereocenters. The van der Waals surface area contributed by atoms with Crippen LogP contribution in [0.5, 0.6) is 11.5 Å². The molecule has 0 bridgehead atoms. The predicted molar refractivity (Wildman–Crippen MR) is 71.1 cm³/mol. The van der Waals surface area contributed by atoms with Crippen LogP contribution in [0.15, 0.2) is 29.8 Å². The highest BCUT2D eigenvalue weighted by molar-refractivity contribution is 6.29. The quantitative estimate of drug-likeness (QED) is 0.436. The number of benzene rings is 1. The van der Waals surface area contributed by atoms with Gasteiger partial charge in [-0.25, -0.2) is 4.79 Å². The van der Waals surface area contributed by atoms with Crippen LogP contribution in [-0.2, 0) is 9.53 Å². The molecule has 0 atom stereocenters. The van der Waals surface area contributed by atoms with Gasteiger partial charge in [0.05, 0.1) is 12.0 Å². The molecular formula is C12H12ClNO6. The van der Waals surface area contributed by atoms with Crippen molar-refractivity contribution in [3.05, 3.63) is 39.9 Å². The zero-order chi connectivity index (χ0) is 15.1. The third-order valence-corrected chi connectivity index (χ3v) is 2.20. The standard InChI is InChI=1S/C12H12ClNO6/c1-8(13)6-20-12(15)7-19-9-3-4-10(14(16)17)11(5-9)18-2/h3-5H,1,6-7H2,2H3. The third kappa shape index (κ3) is 4.77. The smallest absolute Gasteiger partial charge is 0.344 e. The van der Waals surface area contributed by atoms with Crippen LogP contribution in [0, 0.1) is 10.1 Å². The lowest BCUT2D eigenvalue weighted by Crippen LogP contribution is -2.15. The van der Waals surface area contributed by atoms with E-state index in [-0.39, 0.29) is 35.4 Å². The summed E-state index contributed by atoms with van der Waals surface area (Å²) in [6.07, 6.45) is 0. The summed E-state index contributed by atoms with van der Waals surface area (Å²) in [6, 6.07) is 3.89. The highest BCUT2D eigenvalue weighted by atomic mass is 35.5. The monoisotopic (exact) mass is 301 g/mol. The number of nitrogens with zero attached hydrogens (tertiary/aromatic N) is 1. The molecule has 108 valence electrons. The van der Waals surface area contributed by atoms with E-state index in [0.29, 0.717) is 0 Å². The van der Waals surface area contributed by atoms with E-state index < -0.39 is 10.9 Å². The number of methoxy groups -OCH3 is 1. The molecule has 0 amide bonds. The number of hydrogen-bond donors (Lipinski definition) is 0. The van der Waals surface area contributed by atoms with E-state index in [1.165, 1.54) is 25.3 Å². The number of carbonyl (C=O) groups excluding carboxylic acids is 1. The normalized spacial score (nSPS) is 9.70. The minimum Gasteiger partial charge on any atom is -0.490 e. The van der Waals surface area contributed by atoms with Gasteiger partial charge in [-0.1, -0.05) is 18.2 Å². The van der Waals surface area contributed by atoms with Crippen molar-refractivity contribution < 1.29 is 23.9 Å². The van der Waals surface area contributed by atoms with Crippen LogP contribution >= 0.6 is 11.6 Å².